The van der Waals surface area contributed by atoms with Gasteiger partial charge in [0.2, 0.25) is 10.0 Å². The maximum atomic E-state index is 12.6. The van der Waals surface area contributed by atoms with Gasteiger partial charge in [-0.2, -0.15) is 0 Å². The fourth-order valence-electron chi connectivity index (χ4n) is 3.68. The van der Waals surface area contributed by atoms with Gasteiger partial charge in [0.15, 0.2) is 12.4 Å². The summed E-state index contributed by atoms with van der Waals surface area (Å²) in [6, 6.07) is 12.9. The predicted octanol–water partition coefficient (Wildman–Crippen LogP) is 1.82. The molecule has 2 aromatic carbocycles. The number of nitrogens with one attached hydrogen (secondary N) is 2. The van der Waals surface area contributed by atoms with E-state index in [4.69, 9.17) is 4.74 Å². The normalized spacial score (nSPS) is 16.4. The number of ether oxygens (including phenoxy) is 1. The average molecular weight is 453 g/mol. The number of anilines is 3. The van der Waals surface area contributed by atoms with Crippen molar-refractivity contribution in [2.45, 2.75) is 6.54 Å². The van der Waals surface area contributed by atoms with Gasteiger partial charge < -0.3 is 19.9 Å². The first-order valence-electron chi connectivity index (χ1n) is 9.49. The number of carbonyl (C=O) groups excluding carboxylic acids is 1. The molecule has 2 aliphatic heterocycles. The van der Waals surface area contributed by atoms with Gasteiger partial charge in [-0.05, 0) is 29.8 Å². The number of para-hydroxylation sites is 1. The first-order chi connectivity index (χ1) is 13.9. The number of fused-ring (bicyclic) bond motifs is 1. The molecule has 1 saturated heterocycles. The Labute approximate surface area is 182 Å². The van der Waals surface area contributed by atoms with E-state index in [1.54, 1.807) is 23.1 Å². The van der Waals surface area contributed by atoms with Gasteiger partial charge in [0.25, 0.3) is 5.91 Å². The number of carbonyl (C=O) groups is 1. The predicted molar refractivity (Wildman–Crippen MR) is 120 cm³/mol. The molecule has 2 aliphatic rings. The second kappa shape index (κ2) is 9.11. The van der Waals surface area contributed by atoms with Gasteiger partial charge in [0, 0.05) is 31.9 Å². The van der Waals surface area contributed by atoms with Crippen LogP contribution in [0.25, 0.3) is 0 Å². The average Bonchev–Trinajstić information content (AvgIpc) is 2.69. The van der Waals surface area contributed by atoms with Crippen molar-refractivity contribution in [1.29, 1.82) is 0 Å². The number of benzene rings is 2. The number of piperazine rings is 1. The van der Waals surface area contributed by atoms with E-state index in [-0.39, 0.29) is 24.9 Å². The lowest BCUT2D eigenvalue weighted by molar-refractivity contribution is -0.121. The summed E-state index contributed by atoms with van der Waals surface area (Å²) >= 11 is 0. The molecule has 1 fully saturated rings. The Hall–Kier alpha value is -2.49. The van der Waals surface area contributed by atoms with Crippen molar-refractivity contribution < 1.29 is 17.9 Å². The van der Waals surface area contributed by atoms with Gasteiger partial charge in [-0.1, -0.05) is 18.2 Å². The molecular weight excluding hydrogens is 428 g/mol. The lowest BCUT2D eigenvalue weighted by Crippen LogP contribution is -2.44. The molecule has 0 spiro atoms. The Bertz CT molecular complexity index is 1030. The number of nitrogens with zero attached hydrogens (tertiary/aromatic N) is 2. The van der Waals surface area contributed by atoms with E-state index in [2.05, 4.69) is 14.9 Å². The highest BCUT2D eigenvalue weighted by atomic mass is 35.5. The van der Waals surface area contributed by atoms with Crippen molar-refractivity contribution >= 4 is 45.4 Å². The number of halogens is 1. The summed E-state index contributed by atoms with van der Waals surface area (Å²) in [5, 5.41) is 3.34. The highest BCUT2D eigenvalue weighted by molar-refractivity contribution is 7.92. The lowest BCUT2D eigenvalue weighted by Gasteiger charge is -2.35. The summed E-state index contributed by atoms with van der Waals surface area (Å²) < 4.78 is 31.3. The SMILES string of the molecule is CS(=O)(=O)Nc1cccc(CN2C(=O)COc3c(N4CCNCC4)cccc32)c1.Cl. The topological polar surface area (TPSA) is 91.0 Å². The number of hydrogen-bond donors (Lipinski definition) is 2. The minimum Gasteiger partial charge on any atom is -0.479 e. The Balaban J connectivity index is 0.00000256. The monoisotopic (exact) mass is 452 g/mol. The van der Waals surface area contributed by atoms with Gasteiger partial charge in [-0.3, -0.25) is 9.52 Å². The summed E-state index contributed by atoms with van der Waals surface area (Å²) in [6.07, 6.45) is 1.11. The van der Waals surface area contributed by atoms with Crippen LogP contribution >= 0.6 is 12.4 Å². The van der Waals surface area contributed by atoms with Crippen LogP contribution in [0, 0.1) is 0 Å². The zero-order valence-electron chi connectivity index (χ0n) is 16.6. The first-order valence-corrected chi connectivity index (χ1v) is 11.4. The third-order valence-electron chi connectivity index (χ3n) is 4.93. The molecule has 0 atom stereocenters. The van der Waals surface area contributed by atoms with Crippen molar-refractivity contribution in [3.63, 3.8) is 0 Å². The zero-order chi connectivity index (χ0) is 20.4. The summed E-state index contributed by atoms with van der Waals surface area (Å²) in [7, 11) is -3.37. The van der Waals surface area contributed by atoms with Gasteiger partial charge >= 0.3 is 0 Å². The Kier molecular flexibility index (Phi) is 6.74. The summed E-state index contributed by atoms with van der Waals surface area (Å²) in [5.74, 6) is 0.593. The molecule has 1 amide bonds. The Morgan fingerprint density at radius 2 is 1.80 bits per heavy atom. The van der Waals surface area contributed by atoms with Crippen LogP contribution in [-0.2, 0) is 21.4 Å². The fraction of sp³-hybridized carbons (Fsp3) is 0.350. The summed E-state index contributed by atoms with van der Waals surface area (Å²) in [6.45, 7) is 3.90. The van der Waals surface area contributed by atoms with Gasteiger partial charge in [-0.25, -0.2) is 8.42 Å². The minimum absolute atomic E-state index is 0. The van der Waals surface area contributed by atoms with Crippen LogP contribution in [0.3, 0.4) is 0 Å². The number of hydrogen-bond acceptors (Lipinski definition) is 6. The standard InChI is InChI=1S/C20H24N4O4S.ClH/c1-29(26,27)22-16-5-2-4-15(12-16)13-24-18-7-3-6-17(20(18)28-14-19(24)25)23-10-8-21-9-11-23;/h2-7,12,21-22H,8-11,13-14H2,1H3;1H. The first kappa shape index (κ1) is 22.2. The van der Waals surface area contributed by atoms with Gasteiger partial charge in [-0.15, -0.1) is 12.4 Å². The largest absolute Gasteiger partial charge is 0.479 e. The van der Waals surface area contributed by atoms with Crippen molar-refractivity contribution in [1.82, 2.24) is 5.32 Å². The number of rotatable bonds is 5. The molecule has 2 heterocycles. The zero-order valence-corrected chi connectivity index (χ0v) is 18.3. The molecule has 4 rings (SSSR count). The van der Waals surface area contributed by atoms with Crippen LogP contribution in [0.2, 0.25) is 0 Å². The smallest absolute Gasteiger partial charge is 0.265 e. The van der Waals surface area contributed by atoms with Crippen molar-refractivity contribution in [2.75, 3.05) is 53.6 Å². The second-order valence-electron chi connectivity index (χ2n) is 7.21. The second-order valence-corrected chi connectivity index (χ2v) is 8.95. The van der Waals surface area contributed by atoms with Crippen molar-refractivity contribution in [3.8, 4) is 5.75 Å². The maximum Gasteiger partial charge on any atom is 0.265 e. The van der Waals surface area contributed by atoms with Crippen molar-refractivity contribution in [3.05, 3.63) is 48.0 Å². The molecule has 0 saturated carbocycles. The van der Waals surface area contributed by atoms with Gasteiger partial charge in [0.1, 0.15) is 0 Å². The van der Waals surface area contributed by atoms with Crippen LogP contribution in [0.15, 0.2) is 42.5 Å². The van der Waals surface area contributed by atoms with E-state index in [0.717, 1.165) is 55.1 Å². The molecule has 8 nitrogen and oxygen atoms in total. The van der Waals surface area contributed by atoms with E-state index in [9.17, 15) is 13.2 Å². The van der Waals surface area contributed by atoms with Crippen LogP contribution in [0.1, 0.15) is 5.56 Å². The molecular formula is C20H25ClN4O4S. The van der Waals surface area contributed by atoms with Crippen LogP contribution < -0.4 is 24.6 Å². The molecule has 0 bridgehead atoms. The molecule has 2 aromatic rings. The summed E-state index contributed by atoms with van der Waals surface area (Å²) in [5.41, 5.74) is 3.03. The minimum atomic E-state index is -3.37. The lowest BCUT2D eigenvalue weighted by atomic mass is 10.1. The highest BCUT2D eigenvalue weighted by Crippen LogP contribution is 2.41. The summed E-state index contributed by atoms with van der Waals surface area (Å²) in [4.78, 5) is 16.6. The molecule has 30 heavy (non-hydrogen) atoms. The van der Waals surface area contributed by atoms with E-state index in [0.29, 0.717) is 12.2 Å². The van der Waals surface area contributed by atoms with Gasteiger partial charge in [0.05, 0.1) is 24.2 Å². The quantitative estimate of drug-likeness (QED) is 0.719. The molecule has 0 aromatic heterocycles. The molecule has 2 N–H and O–H groups in total. The third kappa shape index (κ3) is 4.97. The molecule has 10 heteroatoms. The van der Waals surface area contributed by atoms with Crippen LogP contribution in [-0.4, -0.2) is 53.4 Å². The third-order valence-corrected chi connectivity index (χ3v) is 5.54. The van der Waals surface area contributed by atoms with E-state index < -0.39 is 10.0 Å². The molecule has 0 radical (unpaired) electrons. The molecule has 0 aliphatic carbocycles. The van der Waals surface area contributed by atoms with Crippen LogP contribution in [0.4, 0.5) is 17.1 Å². The maximum absolute atomic E-state index is 12.6. The van der Waals surface area contributed by atoms with E-state index in [1.165, 1.54) is 0 Å². The Morgan fingerprint density at radius 3 is 2.53 bits per heavy atom. The van der Waals surface area contributed by atoms with E-state index in [1.807, 2.05) is 24.3 Å². The molecule has 0 unspecified atom stereocenters. The highest BCUT2D eigenvalue weighted by Gasteiger charge is 2.29. The fourth-order valence-corrected chi connectivity index (χ4v) is 4.23. The number of amides is 1. The van der Waals surface area contributed by atoms with Crippen LogP contribution in [0.5, 0.6) is 5.75 Å². The van der Waals surface area contributed by atoms with E-state index >= 15 is 0 Å². The molecule has 162 valence electrons. The Morgan fingerprint density at radius 1 is 1.10 bits per heavy atom. The van der Waals surface area contributed by atoms with Crippen molar-refractivity contribution in [2.24, 2.45) is 0 Å². The number of sulfonamides is 1.